The normalized spacial score (nSPS) is 14.9. The maximum absolute atomic E-state index is 8.75. The lowest BCUT2D eigenvalue weighted by Gasteiger charge is -2.06. The van der Waals surface area contributed by atoms with Gasteiger partial charge in [0.1, 0.15) is 5.75 Å². The third kappa shape index (κ3) is 2.05. The highest BCUT2D eigenvalue weighted by Gasteiger charge is 2.21. The highest BCUT2D eigenvalue weighted by molar-refractivity contribution is 5.41. The average molecular weight is 187 g/mol. The first-order valence-corrected chi connectivity index (χ1v) is 4.93. The van der Waals surface area contributed by atoms with Crippen LogP contribution >= 0.6 is 0 Å². The van der Waals surface area contributed by atoms with Crippen LogP contribution in [0.4, 0.5) is 0 Å². The standard InChI is InChI=1S/C12H13NO/c1-9-6-12(5-4-11(9)7-13)14-8-10-2-3-10/h4-6,10H,2-3,8H2,1H3. The van der Waals surface area contributed by atoms with Gasteiger partial charge in [-0.05, 0) is 49.4 Å². The molecule has 0 bridgehead atoms. The van der Waals surface area contributed by atoms with Gasteiger partial charge < -0.3 is 4.74 Å². The number of ether oxygens (including phenoxy) is 1. The molecule has 0 aromatic heterocycles. The summed E-state index contributed by atoms with van der Waals surface area (Å²) in [5.41, 5.74) is 1.71. The summed E-state index contributed by atoms with van der Waals surface area (Å²) >= 11 is 0. The van der Waals surface area contributed by atoms with Gasteiger partial charge in [-0.3, -0.25) is 0 Å². The Hall–Kier alpha value is -1.49. The summed E-state index contributed by atoms with van der Waals surface area (Å²) in [6.07, 6.45) is 2.60. The summed E-state index contributed by atoms with van der Waals surface area (Å²) in [6, 6.07) is 7.76. The fourth-order valence-corrected chi connectivity index (χ4v) is 1.35. The number of aryl methyl sites for hydroxylation is 1. The molecule has 2 nitrogen and oxygen atoms in total. The Balaban J connectivity index is 2.03. The Labute approximate surface area is 84.1 Å². The third-order valence-corrected chi connectivity index (χ3v) is 2.50. The van der Waals surface area contributed by atoms with Gasteiger partial charge in [0.15, 0.2) is 0 Å². The molecule has 1 fully saturated rings. The Kier molecular flexibility index (Phi) is 2.41. The molecule has 0 unspecified atom stereocenters. The van der Waals surface area contributed by atoms with Crippen molar-refractivity contribution in [3.05, 3.63) is 29.3 Å². The highest BCUT2D eigenvalue weighted by atomic mass is 16.5. The molecule has 0 atom stereocenters. The lowest BCUT2D eigenvalue weighted by molar-refractivity contribution is 0.299. The van der Waals surface area contributed by atoms with Crippen molar-refractivity contribution in [3.8, 4) is 11.8 Å². The number of rotatable bonds is 3. The minimum Gasteiger partial charge on any atom is -0.493 e. The van der Waals surface area contributed by atoms with Crippen LogP contribution in [-0.2, 0) is 0 Å². The van der Waals surface area contributed by atoms with E-state index in [9.17, 15) is 0 Å². The predicted molar refractivity (Wildman–Crippen MR) is 54.1 cm³/mol. The van der Waals surface area contributed by atoms with Crippen LogP contribution in [0.2, 0.25) is 0 Å². The Bertz CT molecular complexity index is 374. The van der Waals surface area contributed by atoms with Crippen molar-refractivity contribution in [3.63, 3.8) is 0 Å². The highest BCUT2D eigenvalue weighted by Crippen LogP contribution is 2.29. The van der Waals surface area contributed by atoms with E-state index < -0.39 is 0 Å². The van der Waals surface area contributed by atoms with Gasteiger partial charge in [-0.2, -0.15) is 5.26 Å². The lowest BCUT2D eigenvalue weighted by Crippen LogP contribution is -1.99. The number of hydrogen-bond donors (Lipinski definition) is 0. The van der Waals surface area contributed by atoms with Gasteiger partial charge in [0.2, 0.25) is 0 Å². The molecule has 0 amide bonds. The van der Waals surface area contributed by atoms with Crippen LogP contribution in [0, 0.1) is 24.2 Å². The molecule has 0 radical (unpaired) electrons. The van der Waals surface area contributed by atoms with Crippen LogP contribution in [0.15, 0.2) is 18.2 Å². The third-order valence-electron chi connectivity index (χ3n) is 2.50. The summed E-state index contributed by atoms with van der Waals surface area (Å²) in [5, 5.41) is 8.75. The molecule has 2 heteroatoms. The summed E-state index contributed by atoms with van der Waals surface area (Å²) in [7, 11) is 0. The van der Waals surface area contributed by atoms with E-state index in [-0.39, 0.29) is 0 Å². The minimum absolute atomic E-state index is 0.726. The summed E-state index contributed by atoms with van der Waals surface area (Å²) in [5.74, 6) is 1.65. The van der Waals surface area contributed by atoms with Crippen molar-refractivity contribution in [1.82, 2.24) is 0 Å². The molecule has 1 aliphatic carbocycles. The SMILES string of the molecule is Cc1cc(OCC2CC2)ccc1C#N. The van der Waals surface area contributed by atoms with E-state index in [1.54, 1.807) is 0 Å². The summed E-state index contributed by atoms with van der Waals surface area (Å²) in [4.78, 5) is 0. The van der Waals surface area contributed by atoms with Crippen LogP contribution in [0.1, 0.15) is 24.0 Å². The smallest absolute Gasteiger partial charge is 0.119 e. The van der Waals surface area contributed by atoms with Gasteiger partial charge in [0.25, 0.3) is 0 Å². The summed E-state index contributed by atoms with van der Waals surface area (Å²) < 4.78 is 5.60. The molecule has 1 saturated carbocycles. The Morgan fingerprint density at radius 1 is 1.50 bits per heavy atom. The van der Waals surface area contributed by atoms with Gasteiger partial charge in [-0.1, -0.05) is 0 Å². The van der Waals surface area contributed by atoms with Gasteiger partial charge in [0, 0.05) is 0 Å². The molecule has 0 aliphatic heterocycles. The van der Waals surface area contributed by atoms with Gasteiger partial charge in [-0.15, -0.1) is 0 Å². The molecular weight excluding hydrogens is 174 g/mol. The fourth-order valence-electron chi connectivity index (χ4n) is 1.35. The van der Waals surface area contributed by atoms with Crippen molar-refractivity contribution >= 4 is 0 Å². The van der Waals surface area contributed by atoms with Crippen molar-refractivity contribution in [2.45, 2.75) is 19.8 Å². The molecule has 1 aromatic carbocycles. The second kappa shape index (κ2) is 3.71. The zero-order chi connectivity index (χ0) is 9.97. The van der Waals surface area contributed by atoms with Crippen LogP contribution in [-0.4, -0.2) is 6.61 Å². The van der Waals surface area contributed by atoms with Crippen LogP contribution < -0.4 is 4.74 Å². The summed E-state index contributed by atoms with van der Waals surface area (Å²) in [6.45, 7) is 2.76. The van der Waals surface area contributed by atoms with E-state index >= 15 is 0 Å². The zero-order valence-electron chi connectivity index (χ0n) is 8.29. The van der Waals surface area contributed by atoms with Gasteiger partial charge >= 0.3 is 0 Å². The molecule has 0 saturated heterocycles. The number of benzene rings is 1. The second-order valence-electron chi connectivity index (χ2n) is 3.84. The van der Waals surface area contributed by atoms with E-state index in [1.807, 2.05) is 25.1 Å². The zero-order valence-corrected chi connectivity index (χ0v) is 8.29. The minimum atomic E-state index is 0.726. The van der Waals surface area contributed by atoms with E-state index in [2.05, 4.69) is 6.07 Å². The van der Waals surface area contributed by atoms with Crippen LogP contribution in [0.5, 0.6) is 5.75 Å². The average Bonchev–Trinajstić information content (AvgIpc) is 2.98. The van der Waals surface area contributed by atoms with Crippen LogP contribution in [0.3, 0.4) is 0 Å². The first-order valence-electron chi connectivity index (χ1n) is 4.93. The van der Waals surface area contributed by atoms with Gasteiger partial charge in [-0.25, -0.2) is 0 Å². The number of hydrogen-bond acceptors (Lipinski definition) is 2. The molecule has 72 valence electrons. The molecular formula is C12H13NO. The Morgan fingerprint density at radius 2 is 2.29 bits per heavy atom. The quantitative estimate of drug-likeness (QED) is 0.728. The Morgan fingerprint density at radius 3 is 2.86 bits per heavy atom. The van der Waals surface area contributed by atoms with Crippen molar-refractivity contribution in [1.29, 1.82) is 5.26 Å². The van der Waals surface area contributed by atoms with Crippen molar-refractivity contribution in [2.75, 3.05) is 6.61 Å². The van der Waals surface area contributed by atoms with Crippen LogP contribution in [0.25, 0.3) is 0 Å². The molecule has 1 aliphatic rings. The second-order valence-corrected chi connectivity index (χ2v) is 3.84. The molecule has 14 heavy (non-hydrogen) atoms. The van der Waals surface area contributed by atoms with Crippen molar-refractivity contribution < 1.29 is 4.74 Å². The first kappa shape index (κ1) is 9.08. The molecule has 2 rings (SSSR count). The molecule has 0 N–H and O–H groups in total. The predicted octanol–water partition coefficient (Wildman–Crippen LogP) is 2.66. The lowest BCUT2D eigenvalue weighted by atomic mass is 10.1. The number of nitriles is 1. The van der Waals surface area contributed by atoms with E-state index in [1.165, 1.54) is 12.8 Å². The van der Waals surface area contributed by atoms with Crippen molar-refractivity contribution in [2.24, 2.45) is 5.92 Å². The fraction of sp³-hybridized carbons (Fsp3) is 0.417. The maximum atomic E-state index is 8.75. The topological polar surface area (TPSA) is 33.0 Å². The van der Waals surface area contributed by atoms with E-state index in [0.717, 1.165) is 29.4 Å². The first-order chi connectivity index (χ1) is 6.79. The monoisotopic (exact) mass is 187 g/mol. The number of nitrogens with zero attached hydrogens (tertiary/aromatic N) is 1. The van der Waals surface area contributed by atoms with E-state index in [0.29, 0.717) is 0 Å². The molecule has 1 aromatic rings. The van der Waals surface area contributed by atoms with E-state index in [4.69, 9.17) is 10.00 Å². The molecule has 0 spiro atoms. The molecule has 0 heterocycles. The van der Waals surface area contributed by atoms with Gasteiger partial charge in [0.05, 0.1) is 18.2 Å². The largest absolute Gasteiger partial charge is 0.493 e. The maximum Gasteiger partial charge on any atom is 0.119 e.